The van der Waals surface area contributed by atoms with Gasteiger partial charge in [0.25, 0.3) is 0 Å². The number of hydrogen-bond acceptors (Lipinski definition) is 5. The molecular weight excluding hydrogens is 436 g/mol. The number of hydrogen-bond donors (Lipinski definition) is 0. The highest BCUT2D eigenvalue weighted by Crippen LogP contribution is 2.35. The van der Waals surface area contributed by atoms with Crippen molar-refractivity contribution >= 4 is 33.1 Å². The third-order valence-electron chi connectivity index (χ3n) is 5.46. The van der Waals surface area contributed by atoms with Crippen LogP contribution in [-0.4, -0.2) is 51.3 Å². The van der Waals surface area contributed by atoms with Crippen molar-refractivity contribution in [1.82, 2.24) is 19.9 Å². The summed E-state index contributed by atoms with van der Waals surface area (Å²) >= 11 is 3.65. The quantitative estimate of drug-likeness (QED) is 0.644. The third-order valence-corrected chi connectivity index (χ3v) is 6.23. The number of nitrogens with zero attached hydrogens (tertiary/aromatic N) is 4. The van der Waals surface area contributed by atoms with Gasteiger partial charge in [-0.25, -0.2) is 9.48 Å². The Morgan fingerprint density at radius 2 is 1.90 bits per heavy atom. The Balaban J connectivity index is 1.31. The highest BCUT2D eigenvalue weighted by atomic mass is 79.9. The number of piperidine rings is 1. The maximum atomic E-state index is 12.2. The molecule has 29 heavy (non-hydrogen) atoms. The van der Waals surface area contributed by atoms with Gasteiger partial charge in [0, 0.05) is 19.6 Å². The van der Waals surface area contributed by atoms with Crippen molar-refractivity contribution in [2.75, 3.05) is 19.7 Å². The van der Waals surface area contributed by atoms with Gasteiger partial charge in [-0.1, -0.05) is 5.21 Å². The van der Waals surface area contributed by atoms with Crippen LogP contribution in [-0.2, 0) is 11.3 Å². The lowest BCUT2D eigenvalue weighted by Crippen LogP contribution is -2.42. The summed E-state index contributed by atoms with van der Waals surface area (Å²) in [4.78, 5) is 14.0. The zero-order valence-electron chi connectivity index (χ0n) is 17.4. The summed E-state index contributed by atoms with van der Waals surface area (Å²) in [6.07, 6.45) is 4.18. The fourth-order valence-electron chi connectivity index (χ4n) is 3.59. The van der Waals surface area contributed by atoms with Gasteiger partial charge < -0.3 is 14.4 Å². The van der Waals surface area contributed by atoms with Crippen LogP contribution in [0.25, 0.3) is 11.0 Å². The predicted molar refractivity (Wildman–Crippen MR) is 114 cm³/mol. The summed E-state index contributed by atoms with van der Waals surface area (Å²) in [5, 5.41) is 8.65. The largest absolute Gasteiger partial charge is 0.492 e. The van der Waals surface area contributed by atoms with E-state index in [4.69, 9.17) is 9.47 Å². The molecule has 1 saturated carbocycles. The summed E-state index contributed by atoms with van der Waals surface area (Å²) in [7, 11) is 0. The Labute approximate surface area is 179 Å². The SMILES string of the molecule is CC(C)(C)OC(=O)N1CCC(COc2ccc3c(nnn3CC3CC3)c2Br)CC1. The minimum Gasteiger partial charge on any atom is -0.492 e. The van der Waals surface area contributed by atoms with Crippen molar-refractivity contribution in [1.29, 1.82) is 0 Å². The lowest BCUT2D eigenvalue weighted by atomic mass is 9.98. The normalized spacial score (nSPS) is 18.3. The Morgan fingerprint density at radius 1 is 1.17 bits per heavy atom. The van der Waals surface area contributed by atoms with E-state index < -0.39 is 5.60 Å². The van der Waals surface area contributed by atoms with Crippen molar-refractivity contribution < 1.29 is 14.3 Å². The molecule has 1 saturated heterocycles. The van der Waals surface area contributed by atoms with E-state index in [1.165, 1.54) is 12.8 Å². The van der Waals surface area contributed by atoms with Crippen LogP contribution in [0.1, 0.15) is 46.5 Å². The van der Waals surface area contributed by atoms with Crippen molar-refractivity contribution in [2.24, 2.45) is 11.8 Å². The number of amides is 1. The zero-order valence-corrected chi connectivity index (χ0v) is 18.9. The second-order valence-electron chi connectivity index (χ2n) is 9.18. The van der Waals surface area contributed by atoms with Crippen molar-refractivity contribution in [3.8, 4) is 5.75 Å². The number of halogens is 1. The highest BCUT2D eigenvalue weighted by molar-refractivity contribution is 9.10. The zero-order chi connectivity index (χ0) is 20.6. The maximum absolute atomic E-state index is 12.2. The number of carbonyl (C=O) groups is 1. The minimum atomic E-state index is -0.456. The van der Waals surface area contributed by atoms with Crippen LogP contribution >= 0.6 is 15.9 Å². The monoisotopic (exact) mass is 464 g/mol. The van der Waals surface area contributed by atoms with Crippen LogP contribution < -0.4 is 4.74 Å². The van der Waals surface area contributed by atoms with E-state index in [2.05, 4.69) is 26.2 Å². The van der Waals surface area contributed by atoms with Crippen LogP contribution in [0.15, 0.2) is 16.6 Å². The molecule has 0 bridgehead atoms. The smallest absolute Gasteiger partial charge is 0.410 e. The molecule has 2 aliphatic rings. The molecule has 2 aromatic rings. The minimum absolute atomic E-state index is 0.223. The van der Waals surface area contributed by atoms with Crippen molar-refractivity contribution in [3.05, 3.63) is 16.6 Å². The third kappa shape index (κ3) is 5.02. The fraction of sp³-hybridized carbons (Fsp3) is 0.667. The van der Waals surface area contributed by atoms with E-state index in [9.17, 15) is 4.79 Å². The molecule has 0 spiro atoms. The first-order chi connectivity index (χ1) is 13.8. The predicted octanol–water partition coefficient (Wildman–Crippen LogP) is 4.63. The van der Waals surface area contributed by atoms with Crippen LogP contribution in [0.4, 0.5) is 4.79 Å². The molecule has 158 valence electrons. The molecule has 2 heterocycles. The van der Waals surface area contributed by atoms with Gasteiger partial charge in [-0.15, -0.1) is 5.10 Å². The molecule has 1 aromatic carbocycles. The van der Waals surface area contributed by atoms with E-state index in [0.29, 0.717) is 25.6 Å². The molecular formula is C21H29BrN4O3. The van der Waals surface area contributed by atoms with Gasteiger partial charge in [0.05, 0.1) is 16.6 Å². The molecule has 1 aliphatic heterocycles. The van der Waals surface area contributed by atoms with Gasteiger partial charge in [-0.2, -0.15) is 0 Å². The molecule has 1 amide bonds. The molecule has 1 aromatic heterocycles. The standard InChI is InChI=1S/C21H29BrN4O3/c1-21(2,3)29-20(27)25-10-8-15(9-11-25)13-28-17-7-6-16-19(18(17)22)23-24-26(16)12-14-4-5-14/h6-7,14-15H,4-5,8-13H2,1-3H3. The van der Waals surface area contributed by atoms with Crippen LogP contribution in [0.3, 0.4) is 0 Å². The molecule has 4 rings (SSSR count). The van der Waals surface area contributed by atoms with Gasteiger partial charge in [-0.05, 0) is 86.4 Å². The average molecular weight is 465 g/mol. The molecule has 2 fully saturated rings. The Morgan fingerprint density at radius 3 is 2.55 bits per heavy atom. The lowest BCUT2D eigenvalue weighted by Gasteiger charge is -2.33. The number of benzene rings is 1. The molecule has 0 N–H and O–H groups in total. The fourth-order valence-corrected chi connectivity index (χ4v) is 4.12. The summed E-state index contributed by atoms with van der Waals surface area (Å²) in [6.45, 7) is 8.67. The number of likely N-dealkylation sites (tertiary alicyclic amines) is 1. The summed E-state index contributed by atoms with van der Waals surface area (Å²) in [5.74, 6) is 1.97. The molecule has 1 aliphatic carbocycles. The molecule has 0 atom stereocenters. The average Bonchev–Trinajstić information content (AvgIpc) is 3.39. The van der Waals surface area contributed by atoms with Crippen LogP contribution in [0, 0.1) is 11.8 Å². The number of ether oxygens (including phenoxy) is 2. The number of rotatable bonds is 5. The first-order valence-electron chi connectivity index (χ1n) is 10.4. The molecule has 0 radical (unpaired) electrons. The summed E-state index contributed by atoms with van der Waals surface area (Å²) in [5.41, 5.74) is 1.44. The van der Waals surface area contributed by atoms with E-state index in [-0.39, 0.29) is 6.09 Å². The topological polar surface area (TPSA) is 69.5 Å². The number of aromatic nitrogens is 3. The Kier molecular flexibility index (Phi) is 5.73. The van der Waals surface area contributed by atoms with Crippen LogP contribution in [0.2, 0.25) is 0 Å². The van der Waals surface area contributed by atoms with Gasteiger partial charge >= 0.3 is 6.09 Å². The van der Waals surface area contributed by atoms with Crippen molar-refractivity contribution in [3.63, 3.8) is 0 Å². The number of fused-ring (bicyclic) bond motifs is 1. The molecule has 7 nitrogen and oxygen atoms in total. The van der Waals surface area contributed by atoms with Crippen molar-refractivity contribution in [2.45, 2.75) is 58.6 Å². The summed E-state index contributed by atoms with van der Waals surface area (Å²) < 4.78 is 14.4. The van der Waals surface area contributed by atoms with Gasteiger partial charge in [0.1, 0.15) is 16.9 Å². The van der Waals surface area contributed by atoms with Gasteiger partial charge in [0.15, 0.2) is 0 Å². The van der Waals surface area contributed by atoms with Crippen LogP contribution in [0.5, 0.6) is 5.75 Å². The summed E-state index contributed by atoms with van der Waals surface area (Å²) in [6, 6.07) is 4.04. The van der Waals surface area contributed by atoms with Gasteiger partial charge in [-0.3, -0.25) is 0 Å². The first-order valence-corrected chi connectivity index (χ1v) is 11.2. The molecule has 8 heteroatoms. The highest BCUT2D eigenvalue weighted by Gasteiger charge is 2.27. The second kappa shape index (κ2) is 8.13. The molecule has 0 unspecified atom stereocenters. The second-order valence-corrected chi connectivity index (χ2v) is 9.98. The van der Waals surface area contributed by atoms with E-state index in [1.807, 2.05) is 37.6 Å². The lowest BCUT2D eigenvalue weighted by molar-refractivity contribution is 0.0165. The van der Waals surface area contributed by atoms with E-state index in [0.717, 1.165) is 46.6 Å². The van der Waals surface area contributed by atoms with Gasteiger partial charge in [0.2, 0.25) is 0 Å². The maximum Gasteiger partial charge on any atom is 0.410 e. The van der Waals surface area contributed by atoms with E-state index >= 15 is 0 Å². The first kappa shape index (κ1) is 20.4. The number of carbonyl (C=O) groups excluding carboxylic acids is 1. The Hall–Kier alpha value is -1.83. The Bertz CT molecular complexity index is 880. The van der Waals surface area contributed by atoms with E-state index in [1.54, 1.807) is 4.90 Å².